The maximum Gasteiger partial charge on any atom is 0.306 e. The molecule has 0 radical (unpaired) electrons. The molecule has 1 heterocycles. The summed E-state index contributed by atoms with van der Waals surface area (Å²) < 4.78 is 5.24. The minimum Gasteiger partial charge on any atom is -0.461 e. The second kappa shape index (κ2) is 14.2. The number of hydrogen-bond acceptors (Lipinski definition) is 3. The molecule has 27 heavy (non-hydrogen) atoms. The van der Waals surface area contributed by atoms with Gasteiger partial charge in [0.2, 0.25) is 0 Å². The standard InChI is InChI=1S/C24H35NO2/c26-24(27-21-23-17-13-19-25-20-23)18-10-8-6-4-2-1-3-5-7-9-14-22-15-11-12-16-22/h6,8,11,13,15,17,19-20,22H,1-5,7,9-10,12,14,16,18,21H2/b8-6-. The van der Waals surface area contributed by atoms with Gasteiger partial charge in [-0.05, 0) is 50.5 Å². The highest BCUT2D eigenvalue weighted by atomic mass is 16.5. The Morgan fingerprint density at radius 2 is 1.93 bits per heavy atom. The number of ether oxygens (including phenoxy) is 1. The fourth-order valence-electron chi connectivity index (χ4n) is 3.47. The highest BCUT2D eigenvalue weighted by Gasteiger charge is 2.07. The summed E-state index contributed by atoms with van der Waals surface area (Å²) in [5.74, 6) is 0.736. The topological polar surface area (TPSA) is 39.2 Å². The molecule has 0 fully saturated rings. The minimum absolute atomic E-state index is 0.142. The van der Waals surface area contributed by atoms with Crippen molar-refractivity contribution in [3.63, 3.8) is 0 Å². The molecular formula is C24H35NO2. The first-order valence-electron chi connectivity index (χ1n) is 10.7. The highest BCUT2D eigenvalue weighted by molar-refractivity contribution is 5.69. The normalized spacial score (nSPS) is 16.2. The first kappa shape index (κ1) is 21.4. The first-order valence-corrected chi connectivity index (χ1v) is 10.7. The molecule has 0 N–H and O–H groups in total. The van der Waals surface area contributed by atoms with Gasteiger partial charge in [0.1, 0.15) is 6.61 Å². The lowest BCUT2D eigenvalue weighted by atomic mass is 10.00. The lowest BCUT2D eigenvalue weighted by Gasteiger charge is -2.06. The van der Waals surface area contributed by atoms with Crippen molar-refractivity contribution in [1.82, 2.24) is 4.98 Å². The zero-order valence-electron chi connectivity index (χ0n) is 16.7. The summed E-state index contributed by atoms with van der Waals surface area (Å²) in [7, 11) is 0. The monoisotopic (exact) mass is 369 g/mol. The number of rotatable bonds is 14. The number of carbonyl (C=O) groups excluding carboxylic acids is 1. The van der Waals surface area contributed by atoms with E-state index in [-0.39, 0.29) is 5.97 Å². The van der Waals surface area contributed by atoms with Crippen molar-refractivity contribution in [1.29, 1.82) is 0 Å². The summed E-state index contributed by atoms with van der Waals surface area (Å²) in [5.41, 5.74) is 0.928. The molecule has 3 heteroatoms. The van der Waals surface area contributed by atoms with Crippen LogP contribution in [0.3, 0.4) is 0 Å². The molecule has 2 rings (SSSR count). The van der Waals surface area contributed by atoms with Gasteiger partial charge in [-0.2, -0.15) is 0 Å². The molecule has 1 aromatic rings. The van der Waals surface area contributed by atoms with Crippen molar-refractivity contribution in [2.75, 3.05) is 0 Å². The van der Waals surface area contributed by atoms with E-state index in [1.165, 1.54) is 57.8 Å². The van der Waals surface area contributed by atoms with Crippen LogP contribution in [0.1, 0.15) is 82.6 Å². The van der Waals surface area contributed by atoms with Crippen molar-refractivity contribution in [2.24, 2.45) is 5.92 Å². The Labute approximate surface area is 164 Å². The molecule has 1 aliphatic rings. The molecule has 3 nitrogen and oxygen atoms in total. The SMILES string of the molecule is O=C(CC/C=C\CCCCCCCCC1C=CCC1)OCc1cccnc1. The van der Waals surface area contributed by atoms with E-state index in [4.69, 9.17) is 4.74 Å². The molecule has 148 valence electrons. The molecule has 0 saturated carbocycles. The third kappa shape index (κ3) is 10.7. The van der Waals surface area contributed by atoms with Gasteiger partial charge in [-0.15, -0.1) is 0 Å². The Balaban J connectivity index is 1.34. The van der Waals surface area contributed by atoms with E-state index in [9.17, 15) is 4.79 Å². The summed E-state index contributed by atoms with van der Waals surface area (Å²) in [6.07, 6.45) is 27.0. The summed E-state index contributed by atoms with van der Waals surface area (Å²) >= 11 is 0. The number of hydrogen-bond donors (Lipinski definition) is 0. The molecular weight excluding hydrogens is 334 g/mol. The van der Waals surface area contributed by atoms with Gasteiger partial charge in [0.25, 0.3) is 0 Å². The van der Waals surface area contributed by atoms with E-state index in [1.807, 2.05) is 12.1 Å². The number of pyridine rings is 1. The Bertz CT molecular complexity index is 565. The zero-order valence-corrected chi connectivity index (χ0v) is 16.7. The van der Waals surface area contributed by atoms with Crippen LogP contribution in [0.2, 0.25) is 0 Å². The van der Waals surface area contributed by atoms with E-state index in [0.29, 0.717) is 13.0 Å². The van der Waals surface area contributed by atoms with Crippen LogP contribution in [0.5, 0.6) is 0 Å². The Morgan fingerprint density at radius 1 is 1.11 bits per heavy atom. The number of aromatic nitrogens is 1. The molecule has 1 unspecified atom stereocenters. The van der Waals surface area contributed by atoms with Crippen LogP contribution in [-0.4, -0.2) is 11.0 Å². The molecule has 0 aromatic carbocycles. The quantitative estimate of drug-likeness (QED) is 0.212. The largest absolute Gasteiger partial charge is 0.461 e. The number of esters is 1. The predicted octanol–water partition coefficient (Wildman–Crippen LogP) is 6.55. The maximum absolute atomic E-state index is 11.7. The number of carbonyl (C=O) groups is 1. The summed E-state index contributed by atoms with van der Waals surface area (Å²) in [5, 5.41) is 0. The third-order valence-electron chi connectivity index (χ3n) is 5.11. The van der Waals surface area contributed by atoms with Crippen molar-refractivity contribution < 1.29 is 9.53 Å². The van der Waals surface area contributed by atoms with E-state index in [0.717, 1.165) is 24.3 Å². The van der Waals surface area contributed by atoms with Crippen LogP contribution >= 0.6 is 0 Å². The molecule has 0 spiro atoms. The second-order valence-corrected chi connectivity index (χ2v) is 7.50. The maximum atomic E-state index is 11.7. The van der Waals surface area contributed by atoms with Crippen molar-refractivity contribution in [3.05, 3.63) is 54.4 Å². The molecule has 1 aromatic heterocycles. The van der Waals surface area contributed by atoms with Crippen LogP contribution in [0.4, 0.5) is 0 Å². The van der Waals surface area contributed by atoms with Gasteiger partial charge in [0, 0.05) is 24.4 Å². The van der Waals surface area contributed by atoms with Gasteiger partial charge in [0.15, 0.2) is 0 Å². The Morgan fingerprint density at radius 3 is 2.70 bits per heavy atom. The van der Waals surface area contributed by atoms with Gasteiger partial charge in [-0.3, -0.25) is 9.78 Å². The number of allylic oxidation sites excluding steroid dienone is 4. The van der Waals surface area contributed by atoms with Gasteiger partial charge < -0.3 is 4.74 Å². The molecule has 0 amide bonds. The van der Waals surface area contributed by atoms with Crippen LogP contribution < -0.4 is 0 Å². The van der Waals surface area contributed by atoms with Gasteiger partial charge in [-0.25, -0.2) is 0 Å². The summed E-state index contributed by atoms with van der Waals surface area (Å²) in [4.78, 5) is 15.7. The van der Waals surface area contributed by atoms with Crippen molar-refractivity contribution >= 4 is 5.97 Å². The summed E-state index contributed by atoms with van der Waals surface area (Å²) in [6, 6.07) is 3.76. The van der Waals surface area contributed by atoms with E-state index < -0.39 is 0 Å². The lowest BCUT2D eigenvalue weighted by Crippen LogP contribution is -2.03. The third-order valence-corrected chi connectivity index (χ3v) is 5.11. The van der Waals surface area contributed by atoms with Crippen LogP contribution in [0.25, 0.3) is 0 Å². The van der Waals surface area contributed by atoms with Gasteiger partial charge in [-0.1, -0.05) is 62.5 Å². The number of nitrogens with zero attached hydrogens (tertiary/aromatic N) is 1. The Hall–Kier alpha value is -1.90. The minimum atomic E-state index is -0.142. The molecule has 0 bridgehead atoms. The number of unbranched alkanes of at least 4 members (excludes halogenated alkanes) is 6. The smallest absolute Gasteiger partial charge is 0.306 e. The van der Waals surface area contributed by atoms with Gasteiger partial charge in [0.05, 0.1) is 0 Å². The van der Waals surface area contributed by atoms with E-state index in [1.54, 1.807) is 12.4 Å². The molecule has 0 aliphatic heterocycles. The first-order chi connectivity index (χ1) is 13.3. The fraction of sp³-hybridized carbons (Fsp3) is 0.583. The van der Waals surface area contributed by atoms with E-state index in [2.05, 4.69) is 29.3 Å². The highest BCUT2D eigenvalue weighted by Crippen LogP contribution is 2.23. The Kier molecular flexibility index (Phi) is 11.3. The van der Waals surface area contributed by atoms with Crippen molar-refractivity contribution in [3.8, 4) is 0 Å². The van der Waals surface area contributed by atoms with Crippen LogP contribution in [0.15, 0.2) is 48.8 Å². The lowest BCUT2D eigenvalue weighted by molar-refractivity contribution is -0.144. The van der Waals surface area contributed by atoms with Crippen LogP contribution in [0, 0.1) is 5.92 Å². The van der Waals surface area contributed by atoms with Crippen molar-refractivity contribution in [2.45, 2.75) is 83.7 Å². The predicted molar refractivity (Wildman–Crippen MR) is 111 cm³/mol. The molecule has 1 atom stereocenters. The molecule has 0 saturated heterocycles. The average Bonchev–Trinajstić information content (AvgIpc) is 3.21. The molecule has 1 aliphatic carbocycles. The fourth-order valence-corrected chi connectivity index (χ4v) is 3.47. The van der Waals surface area contributed by atoms with Crippen LogP contribution in [-0.2, 0) is 16.1 Å². The zero-order chi connectivity index (χ0) is 19.0. The summed E-state index contributed by atoms with van der Waals surface area (Å²) in [6.45, 7) is 0.313. The van der Waals surface area contributed by atoms with Gasteiger partial charge >= 0.3 is 5.97 Å². The van der Waals surface area contributed by atoms with E-state index >= 15 is 0 Å². The average molecular weight is 370 g/mol. The second-order valence-electron chi connectivity index (χ2n) is 7.50.